The van der Waals surface area contributed by atoms with Crippen LogP contribution in [0.2, 0.25) is 0 Å². The fourth-order valence-electron chi connectivity index (χ4n) is 1.51. The number of halogens is 3. The van der Waals surface area contributed by atoms with Gasteiger partial charge in [0.15, 0.2) is 0 Å². The van der Waals surface area contributed by atoms with Crippen LogP contribution in [0.3, 0.4) is 0 Å². The molecular weight excluding hydrogens is 231 g/mol. The maximum absolute atomic E-state index is 12.5. The molecule has 0 spiro atoms. The van der Waals surface area contributed by atoms with Gasteiger partial charge >= 0.3 is 6.18 Å². The van der Waals surface area contributed by atoms with Crippen LogP contribution in [0.5, 0.6) is 0 Å². The van der Waals surface area contributed by atoms with Crippen molar-refractivity contribution in [1.29, 1.82) is 0 Å². The SMILES string of the molecule is NC1(c2cccc(C(F)(F)F)c2)N=CC=CN1. The van der Waals surface area contributed by atoms with Gasteiger partial charge in [-0.25, -0.2) is 4.99 Å². The molecule has 3 nitrogen and oxygen atoms in total. The van der Waals surface area contributed by atoms with E-state index in [4.69, 9.17) is 5.73 Å². The summed E-state index contributed by atoms with van der Waals surface area (Å²) in [5.74, 6) is -1.34. The minimum Gasteiger partial charge on any atom is -0.352 e. The average molecular weight is 241 g/mol. The molecule has 90 valence electrons. The molecule has 1 heterocycles. The third-order valence-corrected chi connectivity index (χ3v) is 2.39. The number of alkyl halides is 3. The summed E-state index contributed by atoms with van der Waals surface area (Å²) in [7, 11) is 0. The van der Waals surface area contributed by atoms with E-state index in [1.54, 1.807) is 6.08 Å². The second-order valence-corrected chi connectivity index (χ2v) is 3.63. The average Bonchev–Trinajstić information content (AvgIpc) is 2.29. The molecule has 1 atom stereocenters. The minimum atomic E-state index is -4.39. The molecule has 3 N–H and O–H groups in total. The Morgan fingerprint density at radius 1 is 1.29 bits per heavy atom. The highest BCUT2D eigenvalue weighted by molar-refractivity contribution is 5.72. The van der Waals surface area contributed by atoms with Crippen molar-refractivity contribution in [2.24, 2.45) is 10.7 Å². The number of hydrogen-bond acceptors (Lipinski definition) is 3. The first-order valence-corrected chi connectivity index (χ1v) is 4.86. The zero-order valence-electron chi connectivity index (χ0n) is 8.70. The molecule has 0 amide bonds. The smallest absolute Gasteiger partial charge is 0.352 e. The number of aliphatic imine (C=N–C) groups is 1. The first-order valence-electron chi connectivity index (χ1n) is 4.86. The molecule has 1 aliphatic heterocycles. The molecule has 0 saturated heterocycles. The van der Waals surface area contributed by atoms with Crippen molar-refractivity contribution in [3.8, 4) is 0 Å². The third kappa shape index (κ3) is 2.31. The van der Waals surface area contributed by atoms with Crippen molar-refractivity contribution < 1.29 is 13.2 Å². The summed E-state index contributed by atoms with van der Waals surface area (Å²) < 4.78 is 37.6. The first-order chi connectivity index (χ1) is 7.92. The van der Waals surface area contributed by atoms with Gasteiger partial charge in [0, 0.05) is 18.0 Å². The van der Waals surface area contributed by atoms with E-state index in [0.29, 0.717) is 0 Å². The van der Waals surface area contributed by atoms with Crippen LogP contribution in [0.25, 0.3) is 0 Å². The van der Waals surface area contributed by atoms with Gasteiger partial charge in [-0.2, -0.15) is 13.2 Å². The van der Waals surface area contributed by atoms with E-state index in [1.165, 1.54) is 24.5 Å². The summed E-state index contributed by atoms with van der Waals surface area (Å²) in [6, 6.07) is 4.79. The molecule has 0 bridgehead atoms. The molecular formula is C11H10F3N3. The number of nitrogens with one attached hydrogen (secondary N) is 1. The fraction of sp³-hybridized carbons (Fsp3) is 0.182. The maximum atomic E-state index is 12.5. The Morgan fingerprint density at radius 2 is 2.06 bits per heavy atom. The van der Waals surface area contributed by atoms with Crippen LogP contribution in [-0.2, 0) is 12.0 Å². The largest absolute Gasteiger partial charge is 0.416 e. The highest BCUT2D eigenvalue weighted by Gasteiger charge is 2.33. The highest BCUT2D eigenvalue weighted by atomic mass is 19.4. The fourth-order valence-corrected chi connectivity index (χ4v) is 1.51. The van der Waals surface area contributed by atoms with E-state index >= 15 is 0 Å². The van der Waals surface area contributed by atoms with Crippen molar-refractivity contribution >= 4 is 6.21 Å². The maximum Gasteiger partial charge on any atom is 0.416 e. The zero-order valence-corrected chi connectivity index (χ0v) is 8.70. The lowest BCUT2D eigenvalue weighted by molar-refractivity contribution is -0.137. The molecule has 0 aliphatic carbocycles. The lowest BCUT2D eigenvalue weighted by Gasteiger charge is -2.28. The van der Waals surface area contributed by atoms with E-state index in [-0.39, 0.29) is 5.56 Å². The van der Waals surface area contributed by atoms with Gasteiger partial charge in [-0.1, -0.05) is 12.1 Å². The van der Waals surface area contributed by atoms with E-state index in [1.807, 2.05) is 0 Å². The second-order valence-electron chi connectivity index (χ2n) is 3.63. The summed E-state index contributed by atoms with van der Waals surface area (Å²) in [5.41, 5.74) is 5.38. The molecule has 2 rings (SSSR count). The van der Waals surface area contributed by atoms with Gasteiger partial charge in [0.25, 0.3) is 0 Å². The van der Waals surface area contributed by atoms with Gasteiger partial charge in [-0.3, -0.25) is 5.73 Å². The quantitative estimate of drug-likeness (QED) is 0.789. The standard InChI is InChI=1S/C11H10F3N3/c12-10(13,14)8-3-1-4-9(7-8)11(15)16-5-2-6-17-11/h1-7,16H,15H2. The van der Waals surface area contributed by atoms with Gasteiger partial charge in [-0.05, 0) is 18.2 Å². The van der Waals surface area contributed by atoms with Crippen LogP contribution in [0.4, 0.5) is 13.2 Å². The summed E-state index contributed by atoms with van der Waals surface area (Å²) in [5, 5.41) is 2.72. The number of benzene rings is 1. The zero-order chi connectivity index (χ0) is 12.5. The molecule has 1 aromatic carbocycles. The molecule has 0 saturated carbocycles. The second kappa shape index (κ2) is 3.89. The van der Waals surface area contributed by atoms with Gasteiger partial charge in [-0.15, -0.1) is 0 Å². The van der Waals surface area contributed by atoms with Crippen LogP contribution in [0.15, 0.2) is 41.5 Å². The van der Waals surface area contributed by atoms with Crippen molar-refractivity contribution in [1.82, 2.24) is 5.32 Å². The molecule has 0 radical (unpaired) electrons. The van der Waals surface area contributed by atoms with E-state index in [2.05, 4.69) is 10.3 Å². The lowest BCUT2D eigenvalue weighted by Crippen LogP contribution is -2.47. The van der Waals surface area contributed by atoms with Gasteiger partial charge in [0.2, 0.25) is 5.79 Å². The van der Waals surface area contributed by atoms with Crippen LogP contribution in [0, 0.1) is 0 Å². The van der Waals surface area contributed by atoms with Crippen molar-refractivity contribution in [3.05, 3.63) is 47.7 Å². The summed E-state index contributed by atoms with van der Waals surface area (Å²) in [6.07, 6.45) is 0.198. The van der Waals surface area contributed by atoms with Crippen LogP contribution in [-0.4, -0.2) is 6.21 Å². The van der Waals surface area contributed by atoms with Gasteiger partial charge < -0.3 is 5.32 Å². The Hall–Kier alpha value is -1.82. The monoisotopic (exact) mass is 241 g/mol. The van der Waals surface area contributed by atoms with Crippen LogP contribution in [0.1, 0.15) is 11.1 Å². The van der Waals surface area contributed by atoms with E-state index in [0.717, 1.165) is 12.1 Å². The minimum absolute atomic E-state index is 0.257. The number of nitrogens with zero attached hydrogens (tertiary/aromatic N) is 1. The van der Waals surface area contributed by atoms with Crippen molar-refractivity contribution in [3.63, 3.8) is 0 Å². The summed E-state index contributed by atoms with van der Waals surface area (Å²) >= 11 is 0. The van der Waals surface area contributed by atoms with Crippen LogP contribution < -0.4 is 11.1 Å². The number of nitrogens with two attached hydrogens (primary N) is 1. The Labute approximate surface area is 95.8 Å². The Balaban J connectivity index is 2.40. The molecule has 1 unspecified atom stereocenters. The molecule has 0 fully saturated rings. The molecule has 6 heteroatoms. The van der Waals surface area contributed by atoms with Crippen LogP contribution >= 0.6 is 0 Å². The number of hydrogen-bond donors (Lipinski definition) is 2. The molecule has 1 aromatic rings. The normalized spacial score (nSPS) is 23.5. The Morgan fingerprint density at radius 3 is 2.65 bits per heavy atom. The Kier molecular flexibility index (Phi) is 2.66. The highest BCUT2D eigenvalue weighted by Crippen LogP contribution is 2.31. The van der Waals surface area contributed by atoms with Crippen molar-refractivity contribution in [2.75, 3.05) is 0 Å². The van der Waals surface area contributed by atoms with Crippen molar-refractivity contribution in [2.45, 2.75) is 12.0 Å². The lowest BCUT2D eigenvalue weighted by atomic mass is 10.0. The number of allylic oxidation sites excluding steroid dienone is 1. The molecule has 17 heavy (non-hydrogen) atoms. The van der Waals surface area contributed by atoms with E-state index < -0.39 is 17.5 Å². The first kappa shape index (κ1) is 11.7. The third-order valence-electron chi connectivity index (χ3n) is 2.39. The number of rotatable bonds is 1. The summed E-state index contributed by atoms with van der Waals surface area (Å²) in [4.78, 5) is 3.94. The van der Waals surface area contributed by atoms with E-state index in [9.17, 15) is 13.2 Å². The Bertz CT molecular complexity index is 479. The predicted octanol–water partition coefficient (Wildman–Crippen LogP) is 1.96. The summed E-state index contributed by atoms with van der Waals surface area (Å²) in [6.45, 7) is 0. The van der Waals surface area contributed by atoms with Gasteiger partial charge in [0.1, 0.15) is 0 Å². The molecule has 0 aromatic heterocycles. The predicted molar refractivity (Wildman–Crippen MR) is 58.1 cm³/mol. The topological polar surface area (TPSA) is 50.4 Å². The molecule has 1 aliphatic rings. The van der Waals surface area contributed by atoms with Gasteiger partial charge in [0.05, 0.1) is 5.56 Å².